The van der Waals surface area contributed by atoms with Gasteiger partial charge in [0, 0.05) is 0 Å². The van der Waals surface area contributed by atoms with E-state index in [1.807, 2.05) is 0 Å². The summed E-state index contributed by atoms with van der Waals surface area (Å²) >= 11 is 0. The molecule has 5 saturated heterocycles. The largest absolute Gasteiger partial charge is 0.394 e. The summed E-state index contributed by atoms with van der Waals surface area (Å²) in [6, 6.07) is 0. The monoisotopic (exact) mass is 828 g/mol. The lowest BCUT2D eigenvalue weighted by atomic mass is 9.95. The lowest BCUT2D eigenvalue weighted by Gasteiger charge is -2.50. The summed E-state index contributed by atoms with van der Waals surface area (Å²) in [5.74, 6) is 0. The minimum absolute atomic E-state index is 0.833. The van der Waals surface area contributed by atoms with Crippen molar-refractivity contribution in [3.63, 3.8) is 0 Å². The molecule has 26 heteroatoms. The standard InChI is InChI=1S/C30H52O26/c31-1-6-12(37)17(42)22(26(47)48-6)53-28-24(19(44)14(39)8(3-33)50-28)55-30-25(20(45)15(40)10(5-35)52-30)56-29-23(18(43)13(38)9(4-34)51-29)54-27-21(46)16(41)11(36)7(2-32)49-27/h6-47H,1-5H2/t6-,7-,8-,9-,10-,11-,12-,13-,14-,15-,16+,17+,18+,19+,20+,21+,22+,23+,24+,25+,26+,27+,28+,29+,30+/m1/s1. The molecule has 25 atom stereocenters. The van der Waals surface area contributed by atoms with Gasteiger partial charge in [-0.05, 0) is 0 Å². The van der Waals surface area contributed by atoms with Gasteiger partial charge in [0.05, 0.1) is 33.0 Å². The number of ether oxygens (including phenoxy) is 9. The summed E-state index contributed by atoms with van der Waals surface area (Å²) in [6.07, 6.45) is -48.2. The Morgan fingerprint density at radius 1 is 0.268 bits per heavy atom. The molecule has 0 bridgehead atoms. The summed E-state index contributed by atoms with van der Waals surface area (Å²) in [5, 5.41) is 177. The van der Waals surface area contributed by atoms with Crippen LogP contribution < -0.4 is 0 Å². The van der Waals surface area contributed by atoms with E-state index >= 15 is 0 Å². The van der Waals surface area contributed by atoms with Crippen LogP contribution in [0.5, 0.6) is 0 Å². The molecular weight excluding hydrogens is 776 g/mol. The molecule has 5 aliphatic rings. The zero-order valence-electron chi connectivity index (χ0n) is 29.2. The summed E-state index contributed by atoms with van der Waals surface area (Å²) in [4.78, 5) is 0. The quantitative estimate of drug-likeness (QED) is 0.0819. The van der Waals surface area contributed by atoms with Crippen molar-refractivity contribution in [2.75, 3.05) is 33.0 Å². The van der Waals surface area contributed by atoms with E-state index in [1.54, 1.807) is 0 Å². The zero-order valence-corrected chi connectivity index (χ0v) is 29.2. The maximum atomic E-state index is 11.3. The summed E-state index contributed by atoms with van der Waals surface area (Å²) in [6.45, 7) is -4.60. The Kier molecular flexibility index (Phi) is 16.1. The van der Waals surface area contributed by atoms with Crippen LogP contribution in [0.2, 0.25) is 0 Å². The van der Waals surface area contributed by atoms with Gasteiger partial charge in [0.15, 0.2) is 31.5 Å². The smallest absolute Gasteiger partial charge is 0.187 e. The average Bonchev–Trinajstić information content (AvgIpc) is 3.19. The molecule has 0 spiro atoms. The molecule has 5 aliphatic heterocycles. The molecule has 17 N–H and O–H groups in total. The molecule has 0 unspecified atom stereocenters. The highest BCUT2D eigenvalue weighted by atomic mass is 16.8. The second-order valence-electron chi connectivity index (χ2n) is 13.9. The van der Waals surface area contributed by atoms with E-state index in [0.29, 0.717) is 0 Å². The van der Waals surface area contributed by atoms with Gasteiger partial charge in [0.1, 0.15) is 122 Å². The molecule has 0 aliphatic carbocycles. The lowest BCUT2D eigenvalue weighted by molar-refractivity contribution is -0.412. The Balaban J connectivity index is 1.45. The van der Waals surface area contributed by atoms with Gasteiger partial charge in [-0.1, -0.05) is 0 Å². The first-order valence-electron chi connectivity index (χ1n) is 17.6. The van der Waals surface area contributed by atoms with Crippen LogP contribution in [0.25, 0.3) is 0 Å². The van der Waals surface area contributed by atoms with Crippen molar-refractivity contribution in [1.29, 1.82) is 0 Å². The van der Waals surface area contributed by atoms with Crippen LogP contribution in [0.15, 0.2) is 0 Å². The molecule has 0 radical (unpaired) electrons. The molecule has 328 valence electrons. The van der Waals surface area contributed by atoms with Crippen LogP contribution >= 0.6 is 0 Å². The second kappa shape index (κ2) is 19.6. The van der Waals surface area contributed by atoms with Gasteiger partial charge in [-0.3, -0.25) is 0 Å². The Bertz CT molecular complexity index is 1210. The second-order valence-corrected chi connectivity index (χ2v) is 13.9. The van der Waals surface area contributed by atoms with Crippen LogP contribution in [0.4, 0.5) is 0 Å². The summed E-state index contributed by atoms with van der Waals surface area (Å²) in [5.41, 5.74) is 0. The van der Waals surface area contributed by atoms with Gasteiger partial charge in [0.2, 0.25) is 0 Å². The highest BCUT2D eigenvalue weighted by Gasteiger charge is 2.57. The molecule has 5 rings (SSSR count). The predicted molar refractivity (Wildman–Crippen MR) is 167 cm³/mol. The summed E-state index contributed by atoms with van der Waals surface area (Å²) in [7, 11) is 0. The Hall–Kier alpha value is -1.04. The van der Waals surface area contributed by atoms with Crippen LogP contribution in [0.1, 0.15) is 0 Å². The minimum atomic E-state index is -2.16. The molecule has 5 heterocycles. The van der Waals surface area contributed by atoms with Crippen molar-refractivity contribution >= 4 is 0 Å². The number of hydrogen-bond donors (Lipinski definition) is 17. The first kappa shape index (κ1) is 46.0. The van der Waals surface area contributed by atoms with Gasteiger partial charge < -0.3 is 129 Å². The van der Waals surface area contributed by atoms with Gasteiger partial charge in [-0.2, -0.15) is 0 Å². The van der Waals surface area contributed by atoms with E-state index in [0.717, 1.165) is 0 Å². The van der Waals surface area contributed by atoms with Gasteiger partial charge >= 0.3 is 0 Å². The van der Waals surface area contributed by atoms with Crippen molar-refractivity contribution in [3.8, 4) is 0 Å². The van der Waals surface area contributed by atoms with E-state index in [9.17, 15) is 86.8 Å². The molecule has 0 saturated carbocycles. The van der Waals surface area contributed by atoms with E-state index in [1.165, 1.54) is 0 Å². The van der Waals surface area contributed by atoms with Gasteiger partial charge in [-0.15, -0.1) is 0 Å². The maximum Gasteiger partial charge on any atom is 0.187 e. The van der Waals surface area contributed by atoms with E-state index < -0.39 is 187 Å². The third-order valence-electron chi connectivity index (χ3n) is 10.3. The molecular formula is C30H52O26. The maximum absolute atomic E-state index is 11.3. The van der Waals surface area contributed by atoms with Crippen molar-refractivity contribution in [1.82, 2.24) is 0 Å². The van der Waals surface area contributed by atoms with Crippen molar-refractivity contribution in [2.45, 2.75) is 154 Å². The number of aliphatic hydroxyl groups excluding tert-OH is 17. The fraction of sp³-hybridized carbons (Fsp3) is 1.00. The SMILES string of the molecule is OC[C@H]1O[C@@H](O[C@@H]2[C@H](O[C@@H]3[C@H](O[C@@H]4[C@H](O[C@H]5[C@@H](O)[C@H](O)[C@@H](CO)O[C@@H]5O)O[C@H](CO)[C@@H](O)[C@@H]4O)O[C@H](CO)[C@@H](O)[C@@H]3O)O[C@H](CO)[C@@H](O)[C@@H]2O)[C@@H](O)[C@@H](O)[C@@H]1O. The predicted octanol–water partition coefficient (Wildman–Crippen LogP) is -11.9. The third-order valence-corrected chi connectivity index (χ3v) is 10.3. The van der Waals surface area contributed by atoms with Crippen LogP contribution in [0.3, 0.4) is 0 Å². The first-order valence-corrected chi connectivity index (χ1v) is 17.6. The van der Waals surface area contributed by atoms with Crippen molar-refractivity contribution < 1.29 is 129 Å². The molecule has 56 heavy (non-hydrogen) atoms. The zero-order chi connectivity index (χ0) is 41.3. The van der Waals surface area contributed by atoms with E-state index in [2.05, 4.69) is 0 Å². The Morgan fingerprint density at radius 3 is 0.857 bits per heavy atom. The fourth-order valence-corrected chi connectivity index (χ4v) is 6.95. The van der Waals surface area contributed by atoms with Gasteiger partial charge in [0.25, 0.3) is 0 Å². The normalized spacial score (nSPS) is 53.2. The first-order chi connectivity index (χ1) is 26.5. The van der Waals surface area contributed by atoms with Crippen LogP contribution in [-0.2, 0) is 42.6 Å². The molecule has 0 aromatic heterocycles. The summed E-state index contributed by atoms with van der Waals surface area (Å²) < 4.78 is 50.2. The number of hydrogen-bond acceptors (Lipinski definition) is 26. The minimum Gasteiger partial charge on any atom is -0.394 e. The average molecular weight is 829 g/mol. The highest BCUT2D eigenvalue weighted by molar-refractivity contribution is 4.98. The Labute approximate surface area is 316 Å². The van der Waals surface area contributed by atoms with Crippen LogP contribution in [-0.4, -0.2) is 273 Å². The highest BCUT2D eigenvalue weighted by Crippen LogP contribution is 2.36. The molecule has 0 aromatic rings. The molecule has 5 fully saturated rings. The van der Waals surface area contributed by atoms with E-state index in [4.69, 9.17) is 42.6 Å². The van der Waals surface area contributed by atoms with Gasteiger partial charge in [-0.25, -0.2) is 0 Å². The molecule has 0 aromatic carbocycles. The van der Waals surface area contributed by atoms with E-state index in [-0.39, 0.29) is 0 Å². The lowest BCUT2D eigenvalue weighted by Crippen LogP contribution is -2.68. The third kappa shape index (κ3) is 9.16. The van der Waals surface area contributed by atoms with Crippen molar-refractivity contribution in [2.24, 2.45) is 0 Å². The molecule has 0 amide bonds. The van der Waals surface area contributed by atoms with Crippen LogP contribution in [0, 0.1) is 0 Å². The number of aliphatic hydroxyl groups is 17. The number of rotatable bonds is 13. The Morgan fingerprint density at radius 2 is 0.518 bits per heavy atom. The van der Waals surface area contributed by atoms with Crippen molar-refractivity contribution in [3.05, 3.63) is 0 Å². The topological polar surface area (TPSA) is 427 Å². The molecule has 26 nitrogen and oxygen atoms in total. The fourth-order valence-electron chi connectivity index (χ4n) is 6.95.